The predicted molar refractivity (Wildman–Crippen MR) is 70.6 cm³/mol. The molecule has 1 aromatic carbocycles. The monoisotopic (exact) mass is 282 g/mol. The molecule has 0 radical (unpaired) electrons. The normalized spacial score (nSPS) is 11.7. The maximum absolute atomic E-state index is 13.4. The van der Waals surface area contributed by atoms with Crippen molar-refractivity contribution in [3.05, 3.63) is 48.1 Å². The molecule has 0 aliphatic carbocycles. The summed E-state index contributed by atoms with van der Waals surface area (Å²) in [6.07, 6.45) is 1.88. The minimum absolute atomic E-state index is 0.296. The number of halogens is 2. The van der Waals surface area contributed by atoms with Crippen LogP contribution in [0.2, 0.25) is 0 Å². The van der Waals surface area contributed by atoms with E-state index in [0.717, 1.165) is 12.1 Å². The third-order valence-corrected chi connectivity index (χ3v) is 2.74. The van der Waals surface area contributed by atoms with E-state index in [1.807, 2.05) is 0 Å². The van der Waals surface area contributed by atoms with Crippen LogP contribution in [-0.4, -0.2) is 17.9 Å². The number of amides is 2. The number of rotatable bonds is 7. The number of primary amides is 1. The van der Waals surface area contributed by atoms with Crippen LogP contribution < -0.4 is 11.1 Å². The van der Waals surface area contributed by atoms with E-state index in [1.54, 1.807) is 6.08 Å². The molecule has 1 aromatic rings. The number of carbonyl (C=O) groups is 2. The zero-order valence-electron chi connectivity index (χ0n) is 10.9. The average Bonchev–Trinajstić information content (AvgIpc) is 2.38. The summed E-state index contributed by atoms with van der Waals surface area (Å²) in [5.74, 6) is -2.97. The Morgan fingerprint density at radius 3 is 2.45 bits per heavy atom. The van der Waals surface area contributed by atoms with E-state index in [2.05, 4.69) is 11.9 Å². The standard InChI is InChI=1S/C14H16F2N2O2/c1-2-3-7-12(14(17)20)18-13(19)8-9-10(15)5-4-6-11(9)16/h2,4-6,12H,1,3,7-8H2,(H2,17,20)(H,18,19)/t12-/m0/s1. The summed E-state index contributed by atoms with van der Waals surface area (Å²) in [7, 11) is 0. The van der Waals surface area contributed by atoms with Crippen LogP contribution in [0.5, 0.6) is 0 Å². The Morgan fingerprint density at radius 2 is 1.95 bits per heavy atom. The van der Waals surface area contributed by atoms with E-state index < -0.39 is 35.9 Å². The summed E-state index contributed by atoms with van der Waals surface area (Å²) in [5.41, 5.74) is 4.81. The summed E-state index contributed by atoms with van der Waals surface area (Å²) >= 11 is 0. The Kier molecular flexibility index (Phi) is 5.83. The van der Waals surface area contributed by atoms with Crippen molar-refractivity contribution >= 4 is 11.8 Å². The van der Waals surface area contributed by atoms with E-state index >= 15 is 0 Å². The third kappa shape index (κ3) is 4.46. The first-order valence-electron chi connectivity index (χ1n) is 6.08. The van der Waals surface area contributed by atoms with E-state index in [9.17, 15) is 18.4 Å². The van der Waals surface area contributed by atoms with E-state index in [1.165, 1.54) is 6.07 Å². The van der Waals surface area contributed by atoms with Crippen LogP contribution in [0.25, 0.3) is 0 Å². The molecular weight excluding hydrogens is 266 g/mol. The zero-order valence-corrected chi connectivity index (χ0v) is 10.9. The lowest BCUT2D eigenvalue weighted by atomic mass is 10.1. The Bertz CT molecular complexity index is 498. The van der Waals surface area contributed by atoms with Crippen molar-refractivity contribution in [1.82, 2.24) is 5.32 Å². The van der Waals surface area contributed by atoms with E-state index in [4.69, 9.17) is 5.73 Å². The summed E-state index contributed by atoms with van der Waals surface area (Å²) < 4.78 is 26.8. The molecule has 0 heterocycles. The van der Waals surface area contributed by atoms with Crippen molar-refractivity contribution in [1.29, 1.82) is 0 Å². The molecule has 0 bridgehead atoms. The number of allylic oxidation sites excluding steroid dienone is 1. The zero-order chi connectivity index (χ0) is 15.1. The number of hydrogen-bond donors (Lipinski definition) is 2. The Hall–Kier alpha value is -2.24. The number of benzene rings is 1. The first-order chi connectivity index (χ1) is 9.45. The van der Waals surface area contributed by atoms with Crippen molar-refractivity contribution < 1.29 is 18.4 Å². The van der Waals surface area contributed by atoms with Gasteiger partial charge < -0.3 is 11.1 Å². The van der Waals surface area contributed by atoms with E-state index in [-0.39, 0.29) is 5.56 Å². The average molecular weight is 282 g/mol. The lowest BCUT2D eigenvalue weighted by Crippen LogP contribution is -2.45. The summed E-state index contributed by atoms with van der Waals surface area (Å²) in [4.78, 5) is 22.9. The molecule has 1 atom stereocenters. The molecule has 0 aromatic heterocycles. The smallest absolute Gasteiger partial charge is 0.240 e. The number of carbonyl (C=O) groups excluding carboxylic acids is 2. The summed E-state index contributed by atoms with van der Waals surface area (Å²) in [6.45, 7) is 3.50. The van der Waals surface area contributed by atoms with E-state index in [0.29, 0.717) is 12.8 Å². The molecule has 20 heavy (non-hydrogen) atoms. The molecule has 0 spiro atoms. The predicted octanol–water partition coefficient (Wildman–Crippen LogP) is 1.44. The number of hydrogen-bond acceptors (Lipinski definition) is 2. The molecule has 4 nitrogen and oxygen atoms in total. The van der Waals surface area contributed by atoms with Gasteiger partial charge in [0.25, 0.3) is 0 Å². The molecule has 6 heteroatoms. The Labute approximate surface area is 115 Å². The fourth-order valence-electron chi connectivity index (χ4n) is 1.68. The van der Waals surface area contributed by atoms with Gasteiger partial charge in [-0.3, -0.25) is 9.59 Å². The van der Waals surface area contributed by atoms with Gasteiger partial charge in [0.05, 0.1) is 6.42 Å². The van der Waals surface area contributed by atoms with Gasteiger partial charge in [-0.05, 0) is 25.0 Å². The molecule has 0 aliphatic rings. The Morgan fingerprint density at radius 1 is 1.35 bits per heavy atom. The van der Waals surface area contributed by atoms with Crippen molar-refractivity contribution in [3.8, 4) is 0 Å². The van der Waals surface area contributed by atoms with Gasteiger partial charge in [-0.25, -0.2) is 8.78 Å². The molecule has 0 unspecified atom stereocenters. The van der Waals surface area contributed by atoms with Crippen molar-refractivity contribution in [2.45, 2.75) is 25.3 Å². The second-order valence-corrected chi connectivity index (χ2v) is 4.27. The molecule has 3 N–H and O–H groups in total. The highest BCUT2D eigenvalue weighted by atomic mass is 19.1. The summed E-state index contributed by atoms with van der Waals surface area (Å²) in [6, 6.07) is 2.46. The molecule has 1 rings (SSSR count). The van der Waals surface area contributed by atoms with Gasteiger partial charge in [-0.15, -0.1) is 6.58 Å². The van der Waals surface area contributed by atoms with Gasteiger partial charge >= 0.3 is 0 Å². The van der Waals surface area contributed by atoms with Crippen molar-refractivity contribution in [3.63, 3.8) is 0 Å². The molecule has 0 saturated carbocycles. The lowest BCUT2D eigenvalue weighted by molar-refractivity contribution is -0.127. The molecular formula is C14H16F2N2O2. The van der Waals surface area contributed by atoms with Crippen LogP contribution in [0.3, 0.4) is 0 Å². The van der Waals surface area contributed by atoms with Gasteiger partial charge in [-0.1, -0.05) is 12.1 Å². The van der Waals surface area contributed by atoms with Crippen molar-refractivity contribution in [2.24, 2.45) is 5.73 Å². The number of nitrogens with one attached hydrogen (secondary N) is 1. The minimum Gasteiger partial charge on any atom is -0.368 e. The van der Waals surface area contributed by atoms with Gasteiger partial charge in [0.1, 0.15) is 17.7 Å². The highest BCUT2D eigenvalue weighted by Gasteiger charge is 2.19. The Balaban J connectivity index is 2.70. The molecule has 2 amide bonds. The van der Waals surface area contributed by atoms with Gasteiger partial charge in [0.15, 0.2) is 0 Å². The highest BCUT2D eigenvalue weighted by molar-refractivity contribution is 5.87. The van der Waals surface area contributed by atoms with Crippen LogP contribution in [0, 0.1) is 11.6 Å². The van der Waals surface area contributed by atoms with Crippen LogP contribution >= 0.6 is 0 Å². The van der Waals surface area contributed by atoms with Crippen LogP contribution in [0.15, 0.2) is 30.9 Å². The maximum Gasteiger partial charge on any atom is 0.240 e. The lowest BCUT2D eigenvalue weighted by Gasteiger charge is -2.14. The first kappa shape index (κ1) is 15.8. The molecule has 108 valence electrons. The quantitative estimate of drug-likeness (QED) is 0.743. The maximum atomic E-state index is 13.4. The first-order valence-corrected chi connectivity index (χ1v) is 6.08. The minimum atomic E-state index is -0.879. The number of nitrogens with two attached hydrogens (primary N) is 1. The fraction of sp³-hybridized carbons (Fsp3) is 0.286. The second-order valence-electron chi connectivity index (χ2n) is 4.27. The topological polar surface area (TPSA) is 72.2 Å². The summed E-state index contributed by atoms with van der Waals surface area (Å²) in [5, 5.41) is 2.36. The van der Waals surface area contributed by atoms with Gasteiger partial charge in [0, 0.05) is 5.56 Å². The third-order valence-electron chi connectivity index (χ3n) is 2.74. The van der Waals surface area contributed by atoms with Gasteiger partial charge in [-0.2, -0.15) is 0 Å². The fourth-order valence-corrected chi connectivity index (χ4v) is 1.68. The second kappa shape index (κ2) is 7.37. The van der Waals surface area contributed by atoms with Crippen LogP contribution in [0.4, 0.5) is 8.78 Å². The molecule has 0 saturated heterocycles. The largest absolute Gasteiger partial charge is 0.368 e. The molecule has 0 fully saturated rings. The highest BCUT2D eigenvalue weighted by Crippen LogP contribution is 2.12. The van der Waals surface area contributed by atoms with Crippen LogP contribution in [-0.2, 0) is 16.0 Å². The van der Waals surface area contributed by atoms with Crippen molar-refractivity contribution in [2.75, 3.05) is 0 Å². The van der Waals surface area contributed by atoms with Gasteiger partial charge in [0.2, 0.25) is 11.8 Å². The SMILES string of the molecule is C=CCC[C@H](NC(=O)Cc1c(F)cccc1F)C(N)=O. The molecule has 0 aliphatic heterocycles. The van der Waals surface area contributed by atoms with Crippen LogP contribution in [0.1, 0.15) is 18.4 Å².